The number of hydrogen-bond donors (Lipinski definition) is 1. The Morgan fingerprint density at radius 3 is 2.31 bits per heavy atom. The van der Waals surface area contributed by atoms with Gasteiger partial charge in [-0.3, -0.25) is 4.79 Å². The van der Waals surface area contributed by atoms with Gasteiger partial charge in [-0.1, -0.05) is 85.2 Å². The number of aliphatic hydroxyl groups excluding tert-OH is 1. The van der Waals surface area contributed by atoms with Crippen LogP contribution in [-0.2, 0) is 35.7 Å². The summed E-state index contributed by atoms with van der Waals surface area (Å²) >= 11 is 0. The maximum atomic E-state index is 11.7. The van der Waals surface area contributed by atoms with Crippen LogP contribution in [0.15, 0.2) is 48.3 Å². The fourth-order valence-corrected chi connectivity index (χ4v) is 8.47. The van der Waals surface area contributed by atoms with Crippen LogP contribution in [0.2, 0.25) is 0 Å². The second-order valence-electron chi connectivity index (χ2n) is 15.0. The number of carbonyl (C=O) groups is 1. The Hall–Kier alpha value is -3.34. The molecule has 0 amide bonds. The van der Waals surface area contributed by atoms with Crippen LogP contribution in [0.3, 0.4) is 0 Å². The quantitative estimate of drug-likeness (QED) is 0.0573. The summed E-state index contributed by atoms with van der Waals surface area (Å²) in [5.41, 5.74) is 8.38. The van der Waals surface area contributed by atoms with Crippen LogP contribution in [0.4, 0.5) is 0 Å². The Labute approximate surface area is 301 Å². The SMILES string of the molecule is CCC(CC)C(=O)/C=C(\O)C(CC)CC.[2H]c1nc2c3[c-]c(C)cc4c5ccc(C)nc5n(c5c6c(cc(c1[2H])c25)C(C)(C)CC6(C)C)c34.[Ir]. The van der Waals surface area contributed by atoms with Gasteiger partial charge in [-0.25, -0.2) is 4.98 Å². The van der Waals surface area contributed by atoms with Crippen molar-refractivity contribution in [3.63, 3.8) is 0 Å². The van der Waals surface area contributed by atoms with E-state index in [1.807, 2.05) is 34.6 Å². The predicted octanol–water partition coefficient (Wildman–Crippen LogP) is 11.0. The number of fused-ring (bicyclic) bond motifs is 7. The van der Waals surface area contributed by atoms with E-state index in [2.05, 4.69) is 69.4 Å². The molecule has 5 nitrogen and oxygen atoms in total. The van der Waals surface area contributed by atoms with Crippen LogP contribution in [0.5, 0.6) is 0 Å². The van der Waals surface area contributed by atoms with Crippen molar-refractivity contribution in [1.82, 2.24) is 14.4 Å². The van der Waals surface area contributed by atoms with E-state index in [0.717, 1.165) is 92.5 Å². The molecule has 7 rings (SSSR count). The van der Waals surface area contributed by atoms with Gasteiger partial charge < -0.3 is 14.5 Å². The zero-order chi connectivity index (χ0) is 35.7. The van der Waals surface area contributed by atoms with Gasteiger partial charge in [0.15, 0.2) is 5.78 Å². The molecule has 0 aliphatic heterocycles. The second-order valence-corrected chi connectivity index (χ2v) is 15.0. The molecule has 1 N–H and O–H groups in total. The molecule has 0 saturated carbocycles. The zero-order valence-electron chi connectivity index (χ0n) is 32.1. The molecule has 1 radical (unpaired) electrons. The first-order valence-corrected chi connectivity index (χ1v) is 17.4. The molecule has 6 heteroatoms. The molecular weight excluding hydrogens is 771 g/mol. The summed E-state index contributed by atoms with van der Waals surface area (Å²) in [7, 11) is 0. The summed E-state index contributed by atoms with van der Waals surface area (Å²) in [5.74, 6) is 0.547. The van der Waals surface area contributed by atoms with Crippen molar-refractivity contribution in [2.24, 2.45) is 11.8 Å². The second kappa shape index (κ2) is 13.2. The molecule has 0 unspecified atom stereocenters. The molecule has 0 fully saturated rings. The van der Waals surface area contributed by atoms with Gasteiger partial charge in [-0.2, -0.15) is 0 Å². The smallest absolute Gasteiger partial charge is 0.162 e. The summed E-state index contributed by atoms with van der Waals surface area (Å²) in [6.07, 6.45) is 5.94. The number of rotatable bonds is 7. The van der Waals surface area contributed by atoms with Gasteiger partial charge in [0.1, 0.15) is 5.65 Å². The summed E-state index contributed by atoms with van der Waals surface area (Å²) < 4.78 is 19.7. The molecule has 6 aromatic rings. The standard InChI is InChI=1S/C29H26N3.C13H24O2.Ir/c1-15-11-19-18-8-7-16(2)31-27(18)32-25(19)20(12-15)24-22-17(9-10-30-24)13-21-23(26(22)32)29(5,6)14-28(21,3)4;1-5-10(6-2)12(14)9-13(15)11(7-3)8-4;/h7-11,13H,14H2,1-6H3;9-11,14H,5-8H2,1-4H3;/q-1;;/b;12-9-;/i9D,10D;;. The van der Waals surface area contributed by atoms with Gasteiger partial charge in [-0.05, 0) is 94.9 Å². The van der Waals surface area contributed by atoms with Crippen LogP contribution in [0.1, 0.15) is 113 Å². The molecule has 48 heavy (non-hydrogen) atoms. The number of hydrogen-bond acceptors (Lipinski definition) is 4. The number of ketones is 1. The normalized spacial score (nSPS) is 16.1. The molecule has 2 aromatic carbocycles. The van der Waals surface area contributed by atoms with Gasteiger partial charge in [-0.15, -0.1) is 17.7 Å². The Bertz CT molecular complexity index is 2290. The Morgan fingerprint density at radius 1 is 1.00 bits per heavy atom. The third-order valence-corrected chi connectivity index (χ3v) is 10.6. The van der Waals surface area contributed by atoms with Crippen molar-refractivity contribution in [3.8, 4) is 0 Å². The van der Waals surface area contributed by atoms with Crippen molar-refractivity contribution < 1.29 is 32.7 Å². The Morgan fingerprint density at radius 2 is 1.67 bits per heavy atom. The summed E-state index contributed by atoms with van der Waals surface area (Å²) in [6, 6.07) is 12.4. The summed E-state index contributed by atoms with van der Waals surface area (Å²) in [4.78, 5) is 21.5. The molecule has 0 bridgehead atoms. The van der Waals surface area contributed by atoms with E-state index < -0.39 is 0 Å². The van der Waals surface area contributed by atoms with Crippen LogP contribution >= 0.6 is 0 Å². The molecule has 0 spiro atoms. The number of allylic oxidation sites excluding steroid dienone is 2. The van der Waals surface area contributed by atoms with E-state index in [1.54, 1.807) is 0 Å². The molecule has 0 saturated heterocycles. The number of pyridine rings is 3. The first-order valence-electron chi connectivity index (χ1n) is 18.4. The average molecular weight is 823 g/mol. The van der Waals surface area contributed by atoms with Crippen LogP contribution in [-0.4, -0.2) is 25.3 Å². The number of nitrogens with zero attached hydrogens (tertiary/aromatic N) is 3. The topological polar surface area (TPSA) is 67.5 Å². The third kappa shape index (κ3) is 5.73. The molecule has 255 valence electrons. The van der Waals surface area contributed by atoms with Crippen molar-refractivity contribution in [2.45, 2.75) is 112 Å². The molecule has 4 heterocycles. The number of benzene rings is 2. The van der Waals surface area contributed by atoms with Gasteiger partial charge >= 0.3 is 0 Å². The maximum Gasteiger partial charge on any atom is 0.162 e. The fraction of sp³-hybridized carbons (Fsp3) is 0.452. The minimum atomic E-state index is -0.0554. The van der Waals surface area contributed by atoms with Gasteiger partial charge in [0.2, 0.25) is 0 Å². The fourth-order valence-electron chi connectivity index (χ4n) is 8.47. The summed E-state index contributed by atoms with van der Waals surface area (Å²) in [6.45, 7) is 21.4. The molecule has 0 atom stereocenters. The van der Waals surface area contributed by atoms with Crippen LogP contribution in [0, 0.1) is 31.7 Å². The van der Waals surface area contributed by atoms with Crippen LogP contribution < -0.4 is 0 Å². The number of aliphatic hydroxyl groups is 1. The van der Waals surface area contributed by atoms with Crippen molar-refractivity contribution in [3.05, 3.63) is 76.8 Å². The van der Waals surface area contributed by atoms with E-state index in [0.29, 0.717) is 0 Å². The number of aromatic nitrogens is 3. The largest absolute Gasteiger partial charge is 0.512 e. The average Bonchev–Trinajstić information content (AvgIpc) is 3.45. The minimum absolute atomic E-state index is 0. The molecule has 1 aliphatic rings. The van der Waals surface area contributed by atoms with E-state index >= 15 is 0 Å². The molecule has 1 aliphatic carbocycles. The van der Waals surface area contributed by atoms with Crippen molar-refractivity contribution >= 4 is 54.9 Å². The zero-order valence-corrected chi connectivity index (χ0v) is 32.5. The third-order valence-electron chi connectivity index (χ3n) is 10.6. The molecule has 4 aromatic heterocycles. The first-order chi connectivity index (χ1) is 23.1. The minimum Gasteiger partial charge on any atom is -0.512 e. The van der Waals surface area contributed by atoms with Crippen molar-refractivity contribution in [2.75, 3.05) is 0 Å². The van der Waals surface area contributed by atoms with E-state index in [1.165, 1.54) is 17.2 Å². The van der Waals surface area contributed by atoms with Gasteiger partial charge in [0.05, 0.1) is 8.50 Å². The number of carbonyl (C=O) groups excluding carboxylic acids is 1. The van der Waals surface area contributed by atoms with Gasteiger partial charge in [0, 0.05) is 60.8 Å². The predicted molar refractivity (Wildman–Crippen MR) is 197 cm³/mol. The van der Waals surface area contributed by atoms with Crippen LogP contribution in [0.25, 0.3) is 49.1 Å². The Balaban J connectivity index is 0.000000261. The van der Waals surface area contributed by atoms with Gasteiger partial charge in [0.25, 0.3) is 0 Å². The summed E-state index contributed by atoms with van der Waals surface area (Å²) in [5, 5.41) is 14.7. The molecular formula is C42H50IrN3O2-. The Kier molecular flexibility index (Phi) is 9.10. The van der Waals surface area contributed by atoms with E-state index in [-0.39, 0.29) is 66.5 Å². The van der Waals surface area contributed by atoms with Crippen molar-refractivity contribution in [1.29, 1.82) is 0 Å². The maximum absolute atomic E-state index is 11.7. The monoisotopic (exact) mass is 823 g/mol. The number of aryl methyl sites for hydroxylation is 2. The van der Waals surface area contributed by atoms with E-state index in [4.69, 9.17) is 12.7 Å². The van der Waals surface area contributed by atoms with E-state index in [9.17, 15) is 9.90 Å². The first kappa shape index (κ1) is 33.2.